The summed E-state index contributed by atoms with van der Waals surface area (Å²) in [5.74, 6) is -0.365. The van der Waals surface area contributed by atoms with Crippen LogP contribution in [0.4, 0.5) is 0 Å². The van der Waals surface area contributed by atoms with Crippen molar-refractivity contribution in [2.45, 2.75) is 18.9 Å². The van der Waals surface area contributed by atoms with Gasteiger partial charge in [-0.15, -0.1) is 0 Å². The first kappa shape index (κ1) is 9.72. The molecule has 0 heterocycles. The second kappa shape index (κ2) is 5.50. The van der Waals surface area contributed by atoms with Crippen LogP contribution in [0.1, 0.15) is 13.3 Å². The Balaban J connectivity index is 3.25. The quantitative estimate of drug-likeness (QED) is 0.464. The van der Waals surface area contributed by atoms with Gasteiger partial charge in [-0.2, -0.15) is 0 Å². The van der Waals surface area contributed by atoms with Gasteiger partial charge in [0.25, 0.3) is 0 Å². The van der Waals surface area contributed by atoms with Crippen molar-refractivity contribution in [3.05, 3.63) is 0 Å². The summed E-state index contributed by atoms with van der Waals surface area (Å²) < 4.78 is 9.32. The molecule has 0 bridgehead atoms. The Kier molecular flexibility index (Phi) is 5.35. The topological polar surface area (TPSA) is 35.5 Å². The number of esters is 1. The van der Waals surface area contributed by atoms with Crippen molar-refractivity contribution in [3.8, 4) is 0 Å². The highest BCUT2D eigenvalue weighted by Crippen LogP contribution is 2.03. The van der Waals surface area contributed by atoms with Crippen molar-refractivity contribution in [1.29, 1.82) is 0 Å². The Labute approximate surface area is 65.3 Å². The fourth-order valence-electron chi connectivity index (χ4n) is 0.450. The van der Waals surface area contributed by atoms with E-state index < -0.39 is 5.56 Å². The van der Waals surface area contributed by atoms with E-state index in [1.54, 1.807) is 7.11 Å². The average molecular weight is 167 g/mol. The molecule has 0 saturated heterocycles. The van der Waals surface area contributed by atoms with Crippen LogP contribution in [0.15, 0.2) is 0 Å². The Hall–Kier alpha value is -0.280. The van der Waals surface area contributed by atoms with Crippen LogP contribution in [-0.2, 0) is 14.3 Å². The molecule has 0 aliphatic carbocycles. The van der Waals surface area contributed by atoms with Gasteiger partial charge >= 0.3 is 5.97 Å². The molecule has 1 atom stereocenters. The molecule has 3 nitrogen and oxygen atoms in total. The lowest BCUT2D eigenvalue weighted by molar-refractivity contribution is -0.143. The molecular weight excluding hydrogens is 156 g/mol. The van der Waals surface area contributed by atoms with Crippen LogP contribution < -0.4 is 0 Å². The lowest BCUT2D eigenvalue weighted by Crippen LogP contribution is -2.11. The number of carbonyl (C=O) groups excluding carboxylic acids is 1. The molecule has 0 aromatic heterocycles. The zero-order valence-electron chi connectivity index (χ0n) is 6.09. The number of halogens is 1. The molecule has 0 rings (SSSR count). The van der Waals surface area contributed by atoms with E-state index in [1.807, 2.05) is 0 Å². The monoisotopic (exact) mass is 166 g/mol. The van der Waals surface area contributed by atoms with E-state index in [0.29, 0.717) is 13.0 Å². The van der Waals surface area contributed by atoms with Gasteiger partial charge in [0.05, 0.1) is 6.61 Å². The Morgan fingerprint density at radius 1 is 1.70 bits per heavy atom. The lowest BCUT2D eigenvalue weighted by Gasteiger charge is -2.07. The first-order valence-corrected chi connectivity index (χ1v) is 3.40. The summed E-state index contributed by atoms with van der Waals surface area (Å²) in [5, 5.41) is 0. The van der Waals surface area contributed by atoms with Crippen LogP contribution in [0.5, 0.6) is 0 Å². The summed E-state index contributed by atoms with van der Waals surface area (Å²) in [4.78, 5) is 10.3. The number of ether oxygens (including phenoxy) is 2. The molecule has 0 fully saturated rings. The summed E-state index contributed by atoms with van der Waals surface area (Å²) >= 11 is 5.53. The molecule has 0 saturated carbocycles. The smallest absolute Gasteiger partial charge is 0.304 e. The van der Waals surface area contributed by atoms with Crippen molar-refractivity contribution < 1.29 is 14.3 Å². The fraction of sp³-hybridized carbons (Fsp3) is 0.833. The highest BCUT2D eigenvalue weighted by Gasteiger charge is 2.05. The van der Waals surface area contributed by atoms with Crippen molar-refractivity contribution in [1.82, 2.24) is 0 Å². The number of hydrogen-bond donors (Lipinski definition) is 0. The molecule has 1 unspecified atom stereocenters. The van der Waals surface area contributed by atoms with Gasteiger partial charge in [0.1, 0.15) is 0 Å². The molecule has 4 heteroatoms. The van der Waals surface area contributed by atoms with Gasteiger partial charge in [-0.05, 0) is 0 Å². The van der Waals surface area contributed by atoms with E-state index in [2.05, 4.69) is 4.74 Å². The fourth-order valence-corrected chi connectivity index (χ4v) is 0.664. The minimum absolute atomic E-state index is 0.365. The van der Waals surface area contributed by atoms with Gasteiger partial charge in [0.15, 0.2) is 5.56 Å². The van der Waals surface area contributed by atoms with Gasteiger partial charge in [-0.1, -0.05) is 11.6 Å². The second-order valence-corrected chi connectivity index (χ2v) is 2.29. The van der Waals surface area contributed by atoms with Gasteiger partial charge < -0.3 is 9.47 Å². The number of rotatable bonds is 4. The zero-order valence-corrected chi connectivity index (χ0v) is 6.85. The summed E-state index contributed by atoms with van der Waals surface area (Å²) in [6.07, 6.45) is 0.525. The molecular formula is C6H11ClO3. The second-order valence-electron chi connectivity index (χ2n) is 1.80. The maximum absolute atomic E-state index is 10.3. The Morgan fingerprint density at radius 2 is 2.30 bits per heavy atom. The third-order valence-corrected chi connectivity index (χ3v) is 1.15. The van der Waals surface area contributed by atoms with Crippen molar-refractivity contribution >= 4 is 17.6 Å². The summed E-state index contributed by atoms with van der Waals surface area (Å²) in [5.41, 5.74) is -0.558. The average Bonchev–Trinajstić information content (AvgIpc) is 1.82. The van der Waals surface area contributed by atoms with Gasteiger partial charge in [-0.25, -0.2) is 0 Å². The molecule has 60 valence electrons. The van der Waals surface area contributed by atoms with Crippen LogP contribution in [0.3, 0.4) is 0 Å². The Morgan fingerprint density at radius 3 is 2.70 bits per heavy atom. The van der Waals surface area contributed by atoms with Gasteiger partial charge in [0, 0.05) is 20.5 Å². The number of methoxy groups -OCH3 is 1. The van der Waals surface area contributed by atoms with Crippen LogP contribution in [0.2, 0.25) is 0 Å². The first-order valence-electron chi connectivity index (χ1n) is 2.97. The van der Waals surface area contributed by atoms with E-state index in [-0.39, 0.29) is 5.97 Å². The normalized spacial score (nSPS) is 12.7. The largest absolute Gasteiger partial charge is 0.446 e. The highest BCUT2D eigenvalue weighted by molar-refractivity contribution is 6.20. The van der Waals surface area contributed by atoms with Gasteiger partial charge in [-0.3, -0.25) is 4.79 Å². The molecule has 0 spiro atoms. The van der Waals surface area contributed by atoms with Crippen molar-refractivity contribution in [3.63, 3.8) is 0 Å². The lowest BCUT2D eigenvalue weighted by atomic mass is 10.5. The molecule has 0 N–H and O–H groups in total. The molecule has 0 radical (unpaired) electrons. The molecule has 10 heavy (non-hydrogen) atoms. The maximum Gasteiger partial charge on any atom is 0.304 e. The van der Waals surface area contributed by atoms with Crippen molar-refractivity contribution in [2.75, 3.05) is 13.7 Å². The zero-order chi connectivity index (χ0) is 7.98. The van der Waals surface area contributed by atoms with Crippen molar-refractivity contribution in [2.24, 2.45) is 0 Å². The van der Waals surface area contributed by atoms with Crippen LogP contribution in [0.25, 0.3) is 0 Å². The molecule has 0 aliphatic rings. The third kappa shape index (κ3) is 5.85. The van der Waals surface area contributed by atoms with Crippen LogP contribution >= 0.6 is 11.6 Å². The minimum Gasteiger partial charge on any atom is -0.446 e. The van der Waals surface area contributed by atoms with Crippen LogP contribution in [0, 0.1) is 0 Å². The molecule has 0 aliphatic heterocycles. The number of hydrogen-bond acceptors (Lipinski definition) is 3. The number of carbonyl (C=O) groups is 1. The van der Waals surface area contributed by atoms with E-state index in [4.69, 9.17) is 16.3 Å². The molecule has 0 aromatic rings. The van der Waals surface area contributed by atoms with Crippen LogP contribution in [-0.4, -0.2) is 25.2 Å². The van der Waals surface area contributed by atoms with E-state index in [0.717, 1.165) is 0 Å². The number of alkyl halides is 1. The van der Waals surface area contributed by atoms with Gasteiger partial charge in [0.2, 0.25) is 0 Å². The van der Waals surface area contributed by atoms with E-state index >= 15 is 0 Å². The predicted molar refractivity (Wildman–Crippen MR) is 37.9 cm³/mol. The summed E-state index contributed by atoms with van der Waals surface area (Å²) in [7, 11) is 1.57. The SMILES string of the molecule is COCCC(Cl)OC(C)=O. The minimum atomic E-state index is -0.558. The van der Waals surface area contributed by atoms with E-state index in [1.165, 1.54) is 6.92 Å². The maximum atomic E-state index is 10.3. The predicted octanol–water partition coefficient (Wildman–Crippen LogP) is 1.15. The molecule has 0 aromatic carbocycles. The summed E-state index contributed by atoms with van der Waals surface area (Å²) in [6.45, 7) is 1.82. The van der Waals surface area contributed by atoms with E-state index in [9.17, 15) is 4.79 Å². The Bertz CT molecular complexity index is 105. The third-order valence-electron chi connectivity index (χ3n) is 0.843. The summed E-state index contributed by atoms with van der Waals surface area (Å²) in [6, 6.07) is 0. The first-order chi connectivity index (χ1) is 4.66. The highest BCUT2D eigenvalue weighted by atomic mass is 35.5. The standard InChI is InChI=1S/C6H11ClO3/c1-5(8)10-6(7)3-4-9-2/h6H,3-4H2,1-2H3. The molecule has 0 amide bonds.